The Hall–Kier alpha value is 0.450. The lowest BCUT2D eigenvalue weighted by atomic mass is 10.7. The van der Waals surface area contributed by atoms with Crippen LogP contribution in [0.2, 0.25) is 0 Å². The Balaban J connectivity index is 2.85. The van der Waals surface area contributed by atoms with Gasteiger partial charge in [-0.3, -0.25) is 0 Å². The lowest BCUT2D eigenvalue weighted by Crippen LogP contribution is -2.22. The van der Waals surface area contributed by atoms with Gasteiger partial charge in [0.15, 0.2) is 0 Å². The molecule has 0 aliphatic rings. The number of alkyl halides is 1. The van der Waals surface area contributed by atoms with E-state index in [0.717, 1.165) is 16.8 Å². The van der Waals surface area contributed by atoms with Crippen LogP contribution in [0, 0.1) is 0 Å². The van der Waals surface area contributed by atoms with Gasteiger partial charge in [-0.15, -0.1) is 0 Å². The predicted molar refractivity (Wildman–Crippen MR) is 54.7 cm³/mol. The molecule has 0 aliphatic heterocycles. The predicted octanol–water partition coefficient (Wildman–Crippen LogP) is 2.03. The molecule has 0 aromatic rings. The Morgan fingerprint density at radius 1 is 1.45 bits per heavy atom. The number of carbonyl (C=O) groups is 1. The molecule has 2 N–H and O–H groups in total. The first-order chi connectivity index (χ1) is 5.27. The summed E-state index contributed by atoms with van der Waals surface area (Å²) < 4.78 is 0. The molecule has 0 rings (SSSR count). The molecule has 0 saturated carbocycles. The summed E-state index contributed by atoms with van der Waals surface area (Å²) in [6.07, 6.45) is -0.948. The van der Waals surface area contributed by atoms with Gasteiger partial charge in [0.1, 0.15) is 0 Å². The van der Waals surface area contributed by atoms with E-state index in [4.69, 9.17) is 5.11 Å². The molecule has 0 heterocycles. The van der Waals surface area contributed by atoms with Crippen LogP contribution in [0.4, 0.5) is 4.79 Å². The molecular formula is C5H10BrNO2S2. The van der Waals surface area contributed by atoms with Gasteiger partial charge >= 0.3 is 6.09 Å². The molecule has 0 aromatic heterocycles. The molecular weight excluding hydrogens is 250 g/mol. The fourth-order valence-corrected chi connectivity index (χ4v) is 3.17. The van der Waals surface area contributed by atoms with Crippen LogP contribution < -0.4 is 5.32 Å². The molecule has 0 aromatic carbocycles. The quantitative estimate of drug-likeness (QED) is 0.436. The van der Waals surface area contributed by atoms with Crippen molar-refractivity contribution in [1.29, 1.82) is 0 Å². The maximum absolute atomic E-state index is 9.95. The summed E-state index contributed by atoms with van der Waals surface area (Å²) in [5.74, 6) is 1.88. The molecule has 0 saturated heterocycles. The zero-order valence-corrected chi connectivity index (χ0v) is 9.10. The molecule has 0 radical (unpaired) electrons. The number of hydrogen-bond acceptors (Lipinski definition) is 3. The number of rotatable bonds is 6. The second-order valence-corrected chi connectivity index (χ2v) is 5.06. The third kappa shape index (κ3) is 10.4. The van der Waals surface area contributed by atoms with E-state index in [0.29, 0.717) is 6.54 Å². The third-order valence-electron chi connectivity index (χ3n) is 0.705. The number of carboxylic acid groups (broad SMARTS) is 1. The Bertz CT molecular complexity index is 115. The fraction of sp³-hybridized carbons (Fsp3) is 0.800. The monoisotopic (exact) mass is 259 g/mol. The van der Waals surface area contributed by atoms with Crippen LogP contribution >= 0.6 is 37.5 Å². The zero-order valence-electron chi connectivity index (χ0n) is 5.88. The number of amides is 1. The summed E-state index contributed by atoms with van der Waals surface area (Å²) in [6.45, 7) is 0.523. The second kappa shape index (κ2) is 8.55. The summed E-state index contributed by atoms with van der Waals surface area (Å²) in [7, 11) is 3.42. The molecule has 0 atom stereocenters. The minimum atomic E-state index is -0.948. The minimum Gasteiger partial charge on any atom is -0.465 e. The van der Waals surface area contributed by atoms with Crippen molar-refractivity contribution in [1.82, 2.24) is 5.32 Å². The average Bonchev–Trinajstić information content (AvgIpc) is 1.96. The van der Waals surface area contributed by atoms with Crippen LogP contribution in [0.15, 0.2) is 0 Å². The maximum atomic E-state index is 9.95. The summed E-state index contributed by atoms with van der Waals surface area (Å²) in [5.41, 5.74) is 0. The van der Waals surface area contributed by atoms with E-state index in [1.54, 1.807) is 21.6 Å². The van der Waals surface area contributed by atoms with Crippen LogP contribution in [0.3, 0.4) is 0 Å². The molecule has 0 unspecified atom stereocenters. The van der Waals surface area contributed by atoms with Gasteiger partial charge in [0.2, 0.25) is 0 Å². The van der Waals surface area contributed by atoms with Gasteiger partial charge in [-0.1, -0.05) is 37.5 Å². The summed E-state index contributed by atoms with van der Waals surface area (Å²) >= 11 is 3.30. The van der Waals surface area contributed by atoms with E-state index >= 15 is 0 Å². The highest BCUT2D eigenvalue weighted by molar-refractivity contribution is 9.09. The first-order valence-electron chi connectivity index (χ1n) is 3.04. The Morgan fingerprint density at radius 2 is 2.09 bits per heavy atom. The molecule has 66 valence electrons. The normalized spacial score (nSPS) is 9.55. The van der Waals surface area contributed by atoms with Gasteiger partial charge in [-0.25, -0.2) is 4.79 Å². The van der Waals surface area contributed by atoms with E-state index in [1.807, 2.05) is 0 Å². The van der Waals surface area contributed by atoms with Crippen LogP contribution in [-0.2, 0) is 0 Å². The molecule has 11 heavy (non-hydrogen) atoms. The number of nitrogens with one attached hydrogen (secondary N) is 1. The first kappa shape index (κ1) is 11.4. The summed E-state index contributed by atoms with van der Waals surface area (Å²) in [4.78, 5) is 9.95. The lowest BCUT2D eigenvalue weighted by Gasteiger charge is -1.98. The van der Waals surface area contributed by atoms with E-state index in [-0.39, 0.29) is 0 Å². The van der Waals surface area contributed by atoms with E-state index in [2.05, 4.69) is 21.2 Å². The summed E-state index contributed by atoms with van der Waals surface area (Å²) in [6, 6.07) is 0. The lowest BCUT2D eigenvalue weighted by molar-refractivity contribution is 0.195. The highest BCUT2D eigenvalue weighted by Gasteiger charge is 1.93. The first-order valence-corrected chi connectivity index (χ1v) is 6.65. The van der Waals surface area contributed by atoms with Crippen molar-refractivity contribution < 1.29 is 9.90 Å². The minimum absolute atomic E-state index is 0.523. The Labute approximate surface area is 82.2 Å². The smallest absolute Gasteiger partial charge is 0.404 e. The van der Waals surface area contributed by atoms with Crippen molar-refractivity contribution in [3.05, 3.63) is 0 Å². The standard InChI is InChI=1S/C5H10BrNO2S2/c6-1-3-10-11-4-2-7-5(8)9/h7H,1-4H2,(H,8,9). The highest BCUT2D eigenvalue weighted by Crippen LogP contribution is 2.20. The molecule has 0 spiro atoms. The van der Waals surface area contributed by atoms with Crippen LogP contribution in [0.25, 0.3) is 0 Å². The van der Waals surface area contributed by atoms with Crippen molar-refractivity contribution in [3.63, 3.8) is 0 Å². The third-order valence-corrected chi connectivity index (χ3v) is 4.04. The number of halogens is 1. The van der Waals surface area contributed by atoms with E-state index < -0.39 is 6.09 Å². The van der Waals surface area contributed by atoms with Crippen LogP contribution in [-0.4, -0.2) is 34.6 Å². The number of hydrogen-bond donors (Lipinski definition) is 2. The van der Waals surface area contributed by atoms with Crippen molar-refractivity contribution in [2.45, 2.75) is 0 Å². The molecule has 0 bridgehead atoms. The van der Waals surface area contributed by atoms with Gasteiger partial charge in [0.25, 0.3) is 0 Å². The molecule has 0 fully saturated rings. The molecule has 1 amide bonds. The zero-order chi connectivity index (χ0) is 8.53. The van der Waals surface area contributed by atoms with Crippen molar-refractivity contribution >= 4 is 43.6 Å². The molecule has 3 nitrogen and oxygen atoms in total. The highest BCUT2D eigenvalue weighted by atomic mass is 79.9. The second-order valence-electron chi connectivity index (χ2n) is 1.56. The van der Waals surface area contributed by atoms with Gasteiger partial charge in [0.05, 0.1) is 0 Å². The van der Waals surface area contributed by atoms with Crippen molar-refractivity contribution in [3.8, 4) is 0 Å². The SMILES string of the molecule is O=C(O)NCCSSCCBr. The van der Waals surface area contributed by atoms with Gasteiger partial charge in [0, 0.05) is 23.4 Å². The Morgan fingerprint density at radius 3 is 2.64 bits per heavy atom. The largest absolute Gasteiger partial charge is 0.465 e. The average molecular weight is 260 g/mol. The molecule has 0 aliphatic carbocycles. The van der Waals surface area contributed by atoms with Crippen LogP contribution in [0.5, 0.6) is 0 Å². The topological polar surface area (TPSA) is 49.3 Å². The van der Waals surface area contributed by atoms with Crippen molar-refractivity contribution in [2.24, 2.45) is 0 Å². The van der Waals surface area contributed by atoms with Crippen molar-refractivity contribution in [2.75, 3.05) is 23.4 Å². The fourth-order valence-electron chi connectivity index (χ4n) is 0.349. The van der Waals surface area contributed by atoms with E-state index in [1.165, 1.54) is 0 Å². The maximum Gasteiger partial charge on any atom is 0.404 e. The van der Waals surface area contributed by atoms with Gasteiger partial charge in [-0.05, 0) is 0 Å². The van der Waals surface area contributed by atoms with Gasteiger partial charge in [-0.2, -0.15) is 0 Å². The van der Waals surface area contributed by atoms with E-state index in [9.17, 15) is 4.79 Å². The van der Waals surface area contributed by atoms with Crippen LogP contribution in [0.1, 0.15) is 0 Å². The Kier molecular flexibility index (Phi) is 8.90. The summed E-state index contributed by atoms with van der Waals surface area (Å²) in [5, 5.41) is 11.5. The molecule has 6 heteroatoms. The van der Waals surface area contributed by atoms with Gasteiger partial charge < -0.3 is 10.4 Å².